The summed E-state index contributed by atoms with van der Waals surface area (Å²) in [6, 6.07) is 0.220. The molecule has 1 unspecified atom stereocenters. The van der Waals surface area contributed by atoms with E-state index < -0.39 is 0 Å². The van der Waals surface area contributed by atoms with Crippen molar-refractivity contribution in [1.82, 2.24) is 20.8 Å². The fourth-order valence-corrected chi connectivity index (χ4v) is 2.91. The van der Waals surface area contributed by atoms with Crippen molar-refractivity contribution in [2.45, 2.75) is 50.6 Å². The lowest BCUT2D eigenvalue weighted by Gasteiger charge is -2.48. The van der Waals surface area contributed by atoms with Gasteiger partial charge in [-0.15, -0.1) is 0 Å². The molecule has 1 aliphatic heterocycles. The number of aryl methyl sites for hydroxylation is 1. The first-order chi connectivity index (χ1) is 8.67. The highest BCUT2D eigenvalue weighted by atomic mass is 16.5. The Kier molecular flexibility index (Phi) is 2.81. The normalized spacial score (nSPS) is 25.7. The zero-order valence-electron chi connectivity index (χ0n) is 10.5. The van der Waals surface area contributed by atoms with Crippen molar-refractivity contribution in [3.63, 3.8) is 0 Å². The number of nitrogens with zero attached hydrogens (tertiary/aromatic N) is 2. The van der Waals surface area contributed by atoms with Gasteiger partial charge in [-0.25, -0.2) is 0 Å². The third kappa shape index (κ3) is 2.12. The van der Waals surface area contributed by atoms with Gasteiger partial charge in [-0.05, 0) is 38.6 Å². The monoisotopic (exact) mass is 250 g/mol. The van der Waals surface area contributed by atoms with Crippen molar-refractivity contribution in [2.24, 2.45) is 0 Å². The Morgan fingerprint density at radius 3 is 3.00 bits per heavy atom. The van der Waals surface area contributed by atoms with Gasteiger partial charge in [0.05, 0.1) is 0 Å². The van der Waals surface area contributed by atoms with Gasteiger partial charge >= 0.3 is 0 Å². The summed E-state index contributed by atoms with van der Waals surface area (Å²) in [5.41, 5.74) is 0.281. The quantitative estimate of drug-likeness (QED) is 0.811. The maximum Gasteiger partial charge on any atom is 0.292 e. The van der Waals surface area contributed by atoms with E-state index in [9.17, 15) is 4.79 Å². The van der Waals surface area contributed by atoms with E-state index in [-0.39, 0.29) is 23.3 Å². The number of carbonyl (C=O) groups excluding carboxylic acids is 1. The minimum absolute atomic E-state index is 0.133. The zero-order chi connectivity index (χ0) is 12.6. The zero-order valence-corrected chi connectivity index (χ0v) is 10.5. The number of hydrogen-bond donors (Lipinski definition) is 2. The largest absolute Gasteiger partial charge is 0.346 e. The van der Waals surface area contributed by atoms with Crippen LogP contribution in [-0.2, 0) is 0 Å². The highest BCUT2D eigenvalue weighted by Crippen LogP contribution is 2.38. The number of rotatable bonds is 2. The topological polar surface area (TPSA) is 80.0 Å². The molecule has 0 aromatic carbocycles. The molecule has 0 radical (unpaired) electrons. The molecule has 2 heterocycles. The van der Waals surface area contributed by atoms with E-state index in [1.807, 2.05) is 0 Å². The van der Waals surface area contributed by atoms with Gasteiger partial charge in [0.1, 0.15) is 0 Å². The summed E-state index contributed by atoms with van der Waals surface area (Å²) in [4.78, 5) is 15.9. The molecular weight excluding hydrogens is 232 g/mol. The van der Waals surface area contributed by atoms with Crippen LogP contribution in [0.15, 0.2) is 4.52 Å². The van der Waals surface area contributed by atoms with E-state index in [0.29, 0.717) is 5.89 Å². The molecule has 1 atom stereocenters. The molecule has 1 saturated carbocycles. The van der Waals surface area contributed by atoms with E-state index in [0.717, 1.165) is 19.4 Å². The number of amides is 1. The van der Waals surface area contributed by atoms with E-state index in [1.165, 1.54) is 19.3 Å². The summed E-state index contributed by atoms with van der Waals surface area (Å²) in [7, 11) is 0. The van der Waals surface area contributed by atoms with Gasteiger partial charge < -0.3 is 15.2 Å². The fourth-order valence-electron chi connectivity index (χ4n) is 2.91. The van der Waals surface area contributed by atoms with Crippen LogP contribution in [0.4, 0.5) is 0 Å². The Labute approximate surface area is 106 Å². The van der Waals surface area contributed by atoms with Crippen molar-refractivity contribution < 1.29 is 9.32 Å². The standard InChI is InChI=1S/C12H18N4O2/c1-8-14-10(16-18-8)11(17)15-9-3-6-13-12(7-9)4-2-5-12/h9,13H,2-7H2,1H3,(H,15,17). The summed E-state index contributed by atoms with van der Waals surface area (Å²) in [5.74, 6) is 0.322. The molecule has 3 rings (SSSR count). The maximum absolute atomic E-state index is 11.9. The molecule has 2 N–H and O–H groups in total. The van der Waals surface area contributed by atoms with Gasteiger partial charge in [0.25, 0.3) is 11.7 Å². The summed E-state index contributed by atoms with van der Waals surface area (Å²) in [6.07, 6.45) is 5.71. The number of nitrogens with one attached hydrogen (secondary N) is 2. The highest BCUT2D eigenvalue weighted by Gasteiger charge is 2.41. The second kappa shape index (κ2) is 4.35. The Morgan fingerprint density at radius 2 is 2.39 bits per heavy atom. The molecule has 1 aromatic rings. The summed E-state index contributed by atoms with van der Waals surface area (Å²) in [6.45, 7) is 2.65. The smallest absolute Gasteiger partial charge is 0.292 e. The van der Waals surface area contributed by atoms with E-state index in [1.54, 1.807) is 6.92 Å². The van der Waals surface area contributed by atoms with Crippen LogP contribution in [0.3, 0.4) is 0 Å². The van der Waals surface area contributed by atoms with Crippen LogP contribution in [0.25, 0.3) is 0 Å². The van der Waals surface area contributed by atoms with Crippen LogP contribution in [-0.4, -0.2) is 34.2 Å². The fraction of sp³-hybridized carbons (Fsp3) is 0.750. The first-order valence-corrected chi connectivity index (χ1v) is 6.53. The lowest BCUT2D eigenvalue weighted by molar-refractivity contribution is 0.0841. The number of carbonyl (C=O) groups is 1. The van der Waals surface area contributed by atoms with Crippen molar-refractivity contribution >= 4 is 5.91 Å². The van der Waals surface area contributed by atoms with Crippen LogP contribution < -0.4 is 10.6 Å². The molecular formula is C12H18N4O2. The van der Waals surface area contributed by atoms with E-state index in [4.69, 9.17) is 4.52 Å². The Balaban J connectivity index is 1.60. The second-order valence-corrected chi connectivity index (χ2v) is 5.36. The van der Waals surface area contributed by atoms with Gasteiger partial charge in [-0.1, -0.05) is 5.16 Å². The third-order valence-electron chi connectivity index (χ3n) is 4.01. The summed E-state index contributed by atoms with van der Waals surface area (Å²) < 4.78 is 4.81. The molecule has 98 valence electrons. The van der Waals surface area contributed by atoms with Crippen molar-refractivity contribution in [2.75, 3.05) is 6.54 Å². The number of piperidine rings is 1. The second-order valence-electron chi connectivity index (χ2n) is 5.36. The lowest BCUT2D eigenvalue weighted by atomic mass is 9.70. The maximum atomic E-state index is 11.9. The highest BCUT2D eigenvalue weighted by molar-refractivity contribution is 5.90. The number of aromatic nitrogens is 2. The molecule has 0 bridgehead atoms. The third-order valence-corrected chi connectivity index (χ3v) is 4.01. The van der Waals surface area contributed by atoms with Gasteiger partial charge in [-0.3, -0.25) is 4.79 Å². The molecule has 1 spiro atoms. The molecule has 1 amide bonds. The molecule has 2 aliphatic rings. The minimum atomic E-state index is -0.228. The predicted molar refractivity (Wildman–Crippen MR) is 64.1 cm³/mol. The molecule has 18 heavy (non-hydrogen) atoms. The van der Waals surface area contributed by atoms with Gasteiger partial charge in [0, 0.05) is 18.5 Å². The Hall–Kier alpha value is -1.43. The lowest BCUT2D eigenvalue weighted by Crippen LogP contribution is -2.59. The average Bonchev–Trinajstić information content (AvgIpc) is 2.74. The minimum Gasteiger partial charge on any atom is -0.346 e. The van der Waals surface area contributed by atoms with Crippen molar-refractivity contribution in [3.8, 4) is 0 Å². The van der Waals surface area contributed by atoms with Crippen LogP contribution in [0.1, 0.15) is 48.6 Å². The summed E-state index contributed by atoms with van der Waals surface area (Å²) in [5, 5.41) is 10.2. The first-order valence-electron chi connectivity index (χ1n) is 6.53. The molecule has 6 heteroatoms. The predicted octanol–water partition coefficient (Wildman–Crippen LogP) is 0.783. The molecule has 6 nitrogen and oxygen atoms in total. The SMILES string of the molecule is Cc1nc(C(=O)NC2CCNC3(CCC3)C2)no1. The summed E-state index contributed by atoms with van der Waals surface area (Å²) >= 11 is 0. The van der Waals surface area contributed by atoms with Crippen molar-refractivity contribution in [3.05, 3.63) is 11.7 Å². The van der Waals surface area contributed by atoms with E-state index in [2.05, 4.69) is 20.8 Å². The molecule has 1 aromatic heterocycles. The van der Waals surface area contributed by atoms with Crippen LogP contribution in [0.2, 0.25) is 0 Å². The van der Waals surface area contributed by atoms with Gasteiger partial charge in [-0.2, -0.15) is 4.98 Å². The first kappa shape index (κ1) is 11.6. The number of hydrogen-bond acceptors (Lipinski definition) is 5. The molecule has 1 aliphatic carbocycles. The molecule has 1 saturated heterocycles. The molecule has 2 fully saturated rings. The van der Waals surface area contributed by atoms with Crippen LogP contribution in [0, 0.1) is 6.92 Å². The van der Waals surface area contributed by atoms with Gasteiger partial charge in [0.15, 0.2) is 0 Å². The van der Waals surface area contributed by atoms with E-state index >= 15 is 0 Å². The van der Waals surface area contributed by atoms with Crippen LogP contribution in [0.5, 0.6) is 0 Å². The van der Waals surface area contributed by atoms with Crippen molar-refractivity contribution in [1.29, 1.82) is 0 Å². The average molecular weight is 250 g/mol. The van der Waals surface area contributed by atoms with Crippen LogP contribution >= 0.6 is 0 Å². The Morgan fingerprint density at radius 1 is 1.56 bits per heavy atom. The van der Waals surface area contributed by atoms with Gasteiger partial charge in [0.2, 0.25) is 5.89 Å². The Bertz CT molecular complexity index is 453.